The zero-order valence-corrected chi connectivity index (χ0v) is 18.1. The Kier molecular flexibility index (Phi) is 4.49. The second kappa shape index (κ2) is 7.16. The van der Waals surface area contributed by atoms with E-state index in [1.807, 2.05) is 24.3 Å². The molecule has 0 amide bonds. The lowest BCUT2D eigenvalue weighted by Gasteiger charge is -2.28. The average Bonchev–Trinajstić information content (AvgIpc) is 2.74. The van der Waals surface area contributed by atoms with Crippen molar-refractivity contribution < 1.29 is 23.8 Å². The summed E-state index contributed by atoms with van der Waals surface area (Å²) < 4.78 is 12.4. The van der Waals surface area contributed by atoms with Crippen LogP contribution in [0.4, 0.5) is 0 Å². The third-order valence-electron chi connectivity index (χ3n) is 6.17. The summed E-state index contributed by atoms with van der Waals surface area (Å²) in [5.41, 5.74) is 0.424. The van der Waals surface area contributed by atoms with Gasteiger partial charge in [-0.3, -0.25) is 14.4 Å². The van der Waals surface area contributed by atoms with Gasteiger partial charge in [-0.05, 0) is 36.9 Å². The molecule has 0 aliphatic carbocycles. The van der Waals surface area contributed by atoms with Crippen molar-refractivity contribution in [1.82, 2.24) is 4.57 Å². The molecule has 8 nitrogen and oxygen atoms in total. The standard InChI is InChI=1S/C25H19NO7/c1-11-8-17(28)32-23-19(11)22(30)20(12(2)27)24-21(23)14(10-18(29)33-24)15-9-13-6-4-5-7-16(13)26(3)25(15)31/h4-9,14,30H,10H2,1-3H3/t14-/m1/s1. The molecule has 0 fully saturated rings. The van der Waals surface area contributed by atoms with Crippen LogP contribution >= 0.6 is 0 Å². The van der Waals surface area contributed by atoms with Crippen LogP contribution in [0.1, 0.15) is 46.3 Å². The van der Waals surface area contributed by atoms with Crippen LogP contribution in [-0.4, -0.2) is 21.4 Å². The molecule has 2 aromatic heterocycles. The smallest absolute Gasteiger partial charge is 0.336 e. The van der Waals surface area contributed by atoms with Gasteiger partial charge in [0, 0.05) is 30.2 Å². The fourth-order valence-electron chi connectivity index (χ4n) is 4.70. The summed E-state index contributed by atoms with van der Waals surface area (Å²) in [6.07, 6.45) is -0.199. The van der Waals surface area contributed by atoms with Crippen molar-refractivity contribution in [3.63, 3.8) is 0 Å². The van der Waals surface area contributed by atoms with Crippen LogP contribution in [0.2, 0.25) is 0 Å². The molecule has 0 bridgehead atoms. The summed E-state index contributed by atoms with van der Waals surface area (Å²) in [7, 11) is 1.64. The van der Waals surface area contributed by atoms with Crippen molar-refractivity contribution in [1.29, 1.82) is 0 Å². The number of ketones is 1. The molecule has 33 heavy (non-hydrogen) atoms. The third kappa shape index (κ3) is 2.98. The largest absolute Gasteiger partial charge is 0.506 e. The van der Waals surface area contributed by atoms with Crippen LogP contribution in [0.15, 0.2) is 50.4 Å². The van der Waals surface area contributed by atoms with Gasteiger partial charge in [0.05, 0.1) is 17.3 Å². The molecule has 1 aliphatic rings. The molecule has 0 radical (unpaired) electrons. The van der Waals surface area contributed by atoms with Gasteiger partial charge in [-0.25, -0.2) is 4.79 Å². The number of carbonyl (C=O) groups is 2. The predicted octanol–water partition coefficient (Wildman–Crippen LogP) is 3.30. The second-order valence-electron chi connectivity index (χ2n) is 8.23. The molecule has 0 saturated carbocycles. The maximum atomic E-state index is 13.4. The average molecular weight is 445 g/mol. The number of nitrogens with zero attached hydrogens (tertiary/aromatic N) is 1. The molecule has 8 heteroatoms. The normalized spacial score (nSPS) is 15.5. The minimum Gasteiger partial charge on any atom is -0.506 e. The van der Waals surface area contributed by atoms with E-state index in [1.165, 1.54) is 17.6 Å². The molecular formula is C25H19NO7. The Morgan fingerprint density at radius 2 is 1.88 bits per heavy atom. The molecule has 0 unspecified atom stereocenters. The minimum atomic E-state index is -0.851. The number of para-hydroxylation sites is 1. The first kappa shape index (κ1) is 20.7. The third-order valence-corrected chi connectivity index (χ3v) is 6.17. The van der Waals surface area contributed by atoms with Crippen LogP contribution in [0, 0.1) is 6.92 Å². The number of rotatable bonds is 2. The molecule has 0 saturated heterocycles. The van der Waals surface area contributed by atoms with E-state index in [0.717, 1.165) is 5.39 Å². The van der Waals surface area contributed by atoms with E-state index in [0.29, 0.717) is 16.6 Å². The van der Waals surface area contributed by atoms with Gasteiger partial charge in [0.1, 0.15) is 16.9 Å². The summed E-state index contributed by atoms with van der Waals surface area (Å²) in [5.74, 6) is -2.67. The van der Waals surface area contributed by atoms with Gasteiger partial charge in [0.25, 0.3) is 5.56 Å². The van der Waals surface area contributed by atoms with E-state index in [-0.39, 0.29) is 39.8 Å². The number of Topliss-reactive ketones (excluding diaryl/α,β-unsaturated/α-hetero) is 1. The number of pyridine rings is 1. The summed E-state index contributed by atoms with van der Waals surface area (Å²) in [4.78, 5) is 50.7. The van der Waals surface area contributed by atoms with E-state index in [4.69, 9.17) is 9.15 Å². The van der Waals surface area contributed by atoms with E-state index in [1.54, 1.807) is 20.0 Å². The van der Waals surface area contributed by atoms with E-state index in [2.05, 4.69) is 0 Å². The molecule has 0 spiro atoms. The lowest BCUT2D eigenvalue weighted by Crippen LogP contribution is -2.29. The van der Waals surface area contributed by atoms with Crippen molar-refractivity contribution >= 4 is 33.6 Å². The molecule has 5 rings (SSSR count). The number of benzene rings is 2. The molecule has 1 N–H and O–H groups in total. The fraction of sp³-hybridized carbons (Fsp3) is 0.200. The highest BCUT2D eigenvalue weighted by Gasteiger charge is 2.38. The number of ether oxygens (including phenoxy) is 1. The molecule has 1 atom stereocenters. The van der Waals surface area contributed by atoms with Crippen molar-refractivity contribution in [2.45, 2.75) is 26.2 Å². The molecular weight excluding hydrogens is 426 g/mol. The highest BCUT2D eigenvalue weighted by Crippen LogP contribution is 2.49. The van der Waals surface area contributed by atoms with E-state index < -0.39 is 29.0 Å². The number of hydrogen-bond donors (Lipinski definition) is 1. The van der Waals surface area contributed by atoms with E-state index >= 15 is 0 Å². The summed E-state index contributed by atoms with van der Waals surface area (Å²) in [6.45, 7) is 2.84. The number of fused-ring (bicyclic) bond motifs is 4. The van der Waals surface area contributed by atoms with Crippen LogP contribution in [0.5, 0.6) is 11.5 Å². The molecule has 2 aromatic carbocycles. The van der Waals surface area contributed by atoms with Gasteiger partial charge in [-0.2, -0.15) is 0 Å². The maximum Gasteiger partial charge on any atom is 0.336 e. The van der Waals surface area contributed by atoms with Crippen LogP contribution in [-0.2, 0) is 11.8 Å². The Bertz CT molecular complexity index is 1640. The monoisotopic (exact) mass is 445 g/mol. The summed E-state index contributed by atoms with van der Waals surface area (Å²) >= 11 is 0. The quantitative estimate of drug-likeness (QED) is 0.218. The highest BCUT2D eigenvalue weighted by atomic mass is 16.5. The first-order valence-corrected chi connectivity index (χ1v) is 10.3. The van der Waals surface area contributed by atoms with Crippen molar-refractivity contribution in [2.75, 3.05) is 0 Å². The zero-order valence-electron chi connectivity index (χ0n) is 18.1. The molecule has 166 valence electrons. The van der Waals surface area contributed by atoms with Gasteiger partial charge >= 0.3 is 11.6 Å². The fourth-order valence-corrected chi connectivity index (χ4v) is 4.70. The molecule has 1 aliphatic heterocycles. The second-order valence-corrected chi connectivity index (χ2v) is 8.23. The van der Waals surface area contributed by atoms with Gasteiger partial charge in [-0.1, -0.05) is 18.2 Å². The Balaban J connectivity index is 1.97. The van der Waals surface area contributed by atoms with E-state index in [9.17, 15) is 24.3 Å². The van der Waals surface area contributed by atoms with Crippen molar-refractivity contribution in [3.8, 4) is 11.5 Å². The van der Waals surface area contributed by atoms with Crippen LogP contribution < -0.4 is 15.9 Å². The lowest BCUT2D eigenvalue weighted by molar-refractivity contribution is -0.135. The Morgan fingerprint density at radius 1 is 1.15 bits per heavy atom. The van der Waals surface area contributed by atoms with Crippen molar-refractivity contribution in [2.24, 2.45) is 7.05 Å². The van der Waals surface area contributed by atoms with Gasteiger partial charge in [-0.15, -0.1) is 0 Å². The number of aromatic nitrogens is 1. The topological polar surface area (TPSA) is 116 Å². The van der Waals surface area contributed by atoms with Crippen molar-refractivity contribution in [3.05, 3.63) is 79.4 Å². The minimum absolute atomic E-state index is 0.00906. The number of aryl methyl sites for hydroxylation is 2. The maximum absolute atomic E-state index is 13.4. The Hall–Kier alpha value is -4.20. The SMILES string of the molecule is CC(=O)c1c2c(c3oc(=O)cc(C)c3c1O)[C@@H](c1cc3ccccc3n(C)c1=O)CC(=O)O2. The lowest BCUT2D eigenvalue weighted by atomic mass is 9.82. The number of phenols is 1. The van der Waals surface area contributed by atoms with Gasteiger partial charge < -0.3 is 18.8 Å². The molecule has 3 heterocycles. The highest BCUT2D eigenvalue weighted by molar-refractivity contribution is 6.09. The number of esters is 1. The summed E-state index contributed by atoms with van der Waals surface area (Å²) in [5, 5.41) is 11.8. The van der Waals surface area contributed by atoms with Crippen LogP contribution in [0.25, 0.3) is 21.9 Å². The van der Waals surface area contributed by atoms with Gasteiger partial charge in [0.15, 0.2) is 11.5 Å². The first-order chi connectivity index (χ1) is 15.7. The number of aromatic hydroxyl groups is 1. The predicted molar refractivity (Wildman–Crippen MR) is 120 cm³/mol. The zero-order chi connectivity index (χ0) is 23.6. The number of hydrogen-bond acceptors (Lipinski definition) is 7. The van der Waals surface area contributed by atoms with Crippen LogP contribution in [0.3, 0.4) is 0 Å². The Morgan fingerprint density at radius 3 is 2.61 bits per heavy atom. The first-order valence-electron chi connectivity index (χ1n) is 10.3. The Labute approximate surface area is 186 Å². The number of phenolic OH excluding ortho intramolecular Hbond substituents is 1. The van der Waals surface area contributed by atoms with Gasteiger partial charge in [0.2, 0.25) is 0 Å². The summed E-state index contributed by atoms with van der Waals surface area (Å²) in [6, 6.07) is 10.2. The molecule has 4 aromatic rings. The number of carbonyl (C=O) groups excluding carboxylic acids is 2.